The van der Waals surface area contributed by atoms with Gasteiger partial charge in [0.25, 0.3) is 0 Å². The van der Waals surface area contributed by atoms with E-state index in [-0.39, 0.29) is 11.8 Å². The number of carbonyl (C=O) groups excluding carboxylic acids is 1. The van der Waals surface area contributed by atoms with Gasteiger partial charge in [0.2, 0.25) is 5.91 Å². The quantitative estimate of drug-likeness (QED) is 0.900. The molecule has 0 bridgehead atoms. The normalized spacial score (nSPS) is 16.1. The second kappa shape index (κ2) is 5.25. The molecule has 1 heterocycles. The van der Waals surface area contributed by atoms with Crippen LogP contribution in [0.4, 0.5) is 11.4 Å². The van der Waals surface area contributed by atoms with E-state index in [1.165, 1.54) is 0 Å². The van der Waals surface area contributed by atoms with Crippen molar-refractivity contribution in [3.05, 3.63) is 54.1 Å². The summed E-state index contributed by atoms with van der Waals surface area (Å²) in [4.78, 5) is 12.4. The Morgan fingerprint density at radius 3 is 2.95 bits per heavy atom. The predicted molar refractivity (Wildman–Crippen MR) is 79.3 cm³/mol. The van der Waals surface area contributed by atoms with Gasteiger partial charge >= 0.3 is 0 Å². The lowest BCUT2D eigenvalue weighted by molar-refractivity contribution is -0.117. The molecular formula is C16H16N2O2. The van der Waals surface area contributed by atoms with E-state index >= 15 is 0 Å². The van der Waals surface area contributed by atoms with Gasteiger partial charge in [0.1, 0.15) is 5.75 Å². The molecule has 102 valence electrons. The van der Waals surface area contributed by atoms with Crippen molar-refractivity contribution in [2.45, 2.75) is 5.92 Å². The third kappa shape index (κ3) is 2.32. The molecular weight excluding hydrogens is 252 g/mol. The number of amides is 1. The first-order valence-corrected chi connectivity index (χ1v) is 6.55. The summed E-state index contributed by atoms with van der Waals surface area (Å²) in [5.41, 5.74) is 2.84. The highest BCUT2D eigenvalue weighted by Crippen LogP contribution is 2.32. The van der Waals surface area contributed by atoms with Crippen LogP contribution in [0.3, 0.4) is 0 Å². The monoisotopic (exact) mass is 268 g/mol. The summed E-state index contributed by atoms with van der Waals surface area (Å²) in [6.07, 6.45) is 0. The standard InChI is InChI=1S/C16H16N2O2/c1-20-12-6-4-5-11(9-12)18-16(19)14-10-17-15-8-3-2-7-13(14)15/h2-9,14,17H,10H2,1H3,(H,18,19). The Bertz CT molecular complexity index is 640. The molecule has 0 saturated heterocycles. The fourth-order valence-corrected chi connectivity index (χ4v) is 2.45. The van der Waals surface area contributed by atoms with Gasteiger partial charge in [-0.15, -0.1) is 0 Å². The van der Waals surface area contributed by atoms with E-state index in [9.17, 15) is 4.79 Å². The van der Waals surface area contributed by atoms with Crippen LogP contribution in [0.15, 0.2) is 48.5 Å². The third-order valence-electron chi connectivity index (χ3n) is 3.49. The molecule has 1 aliphatic rings. The number of carbonyl (C=O) groups is 1. The Balaban J connectivity index is 1.77. The van der Waals surface area contributed by atoms with E-state index in [1.807, 2.05) is 48.5 Å². The van der Waals surface area contributed by atoms with Gasteiger partial charge in [0.15, 0.2) is 0 Å². The van der Waals surface area contributed by atoms with Crippen LogP contribution in [0.1, 0.15) is 11.5 Å². The van der Waals surface area contributed by atoms with Crippen LogP contribution in [0.2, 0.25) is 0 Å². The van der Waals surface area contributed by atoms with Crippen LogP contribution in [0.5, 0.6) is 5.75 Å². The van der Waals surface area contributed by atoms with Crippen molar-refractivity contribution >= 4 is 17.3 Å². The van der Waals surface area contributed by atoms with E-state index in [4.69, 9.17) is 4.74 Å². The van der Waals surface area contributed by atoms with Crippen LogP contribution in [0, 0.1) is 0 Å². The Kier molecular flexibility index (Phi) is 3.29. The fraction of sp³-hybridized carbons (Fsp3) is 0.188. The van der Waals surface area contributed by atoms with Gasteiger partial charge in [0, 0.05) is 24.0 Å². The SMILES string of the molecule is COc1cccc(NC(=O)C2CNc3ccccc32)c1. The number of rotatable bonds is 3. The largest absolute Gasteiger partial charge is 0.497 e. The van der Waals surface area contributed by atoms with E-state index < -0.39 is 0 Å². The minimum atomic E-state index is -0.155. The molecule has 2 N–H and O–H groups in total. The molecule has 2 aromatic rings. The number of anilines is 2. The molecule has 0 spiro atoms. The zero-order chi connectivity index (χ0) is 13.9. The third-order valence-corrected chi connectivity index (χ3v) is 3.49. The number of hydrogen-bond acceptors (Lipinski definition) is 3. The van der Waals surface area contributed by atoms with Crippen LogP contribution < -0.4 is 15.4 Å². The summed E-state index contributed by atoms with van der Waals surface area (Å²) in [5.74, 6) is 0.570. The van der Waals surface area contributed by atoms with E-state index in [2.05, 4.69) is 10.6 Å². The summed E-state index contributed by atoms with van der Waals surface area (Å²) in [6, 6.07) is 15.3. The first-order chi connectivity index (χ1) is 9.78. The Labute approximate surface area is 117 Å². The van der Waals surface area contributed by atoms with E-state index in [0.29, 0.717) is 6.54 Å². The second-order valence-corrected chi connectivity index (χ2v) is 4.74. The molecule has 0 radical (unpaired) electrons. The summed E-state index contributed by atoms with van der Waals surface area (Å²) in [6.45, 7) is 0.634. The zero-order valence-electron chi connectivity index (χ0n) is 11.2. The highest BCUT2D eigenvalue weighted by Gasteiger charge is 2.28. The molecule has 0 fully saturated rings. The van der Waals surface area contributed by atoms with Crippen molar-refractivity contribution in [2.75, 3.05) is 24.3 Å². The second-order valence-electron chi connectivity index (χ2n) is 4.74. The number of methoxy groups -OCH3 is 1. The summed E-state index contributed by atoms with van der Waals surface area (Å²) >= 11 is 0. The maximum atomic E-state index is 12.4. The van der Waals surface area contributed by atoms with E-state index in [0.717, 1.165) is 22.7 Å². The van der Waals surface area contributed by atoms with Gasteiger partial charge in [-0.05, 0) is 23.8 Å². The molecule has 1 amide bonds. The van der Waals surface area contributed by atoms with Gasteiger partial charge in [0.05, 0.1) is 13.0 Å². The average molecular weight is 268 g/mol. The molecule has 0 saturated carbocycles. The van der Waals surface area contributed by atoms with Crippen LogP contribution >= 0.6 is 0 Å². The molecule has 2 aromatic carbocycles. The maximum Gasteiger partial charge on any atom is 0.233 e. The number of fused-ring (bicyclic) bond motifs is 1. The van der Waals surface area contributed by atoms with Crippen LogP contribution in [-0.2, 0) is 4.79 Å². The predicted octanol–water partition coefficient (Wildman–Crippen LogP) is 2.84. The molecule has 1 unspecified atom stereocenters. The minimum Gasteiger partial charge on any atom is -0.497 e. The highest BCUT2D eigenvalue weighted by molar-refractivity contribution is 5.98. The Morgan fingerprint density at radius 2 is 2.10 bits per heavy atom. The minimum absolute atomic E-state index is 0.00398. The van der Waals surface area contributed by atoms with Crippen molar-refractivity contribution in [1.82, 2.24) is 0 Å². The number of hydrogen-bond donors (Lipinski definition) is 2. The smallest absolute Gasteiger partial charge is 0.233 e. The molecule has 0 aromatic heterocycles. The molecule has 20 heavy (non-hydrogen) atoms. The Morgan fingerprint density at radius 1 is 1.25 bits per heavy atom. The molecule has 0 aliphatic carbocycles. The highest BCUT2D eigenvalue weighted by atomic mass is 16.5. The molecule has 4 nitrogen and oxygen atoms in total. The summed E-state index contributed by atoms with van der Waals surface area (Å²) in [7, 11) is 1.61. The van der Waals surface area contributed by atoms with Crippen molar-refractivity contribution in [3.8, 4) is 5.75 Å². The van der Waals surface area contributed by atoms with Gasteiger partial charge in [-0.3, -0.25) is 4.79 Å². The first-order valence-electron chi connectivity index (χ1n) is 6.55. The van der Waals surface area contributed by atoms with E-state index in [1.54, 1.807) is 7.11 Å². The molecule has 1 aliphatic heterocycles. The van der Waals surface area contributed by atoms with Crippen molar-refractivity contribution < 1.29 is 9.53 Å². The fourth-order valence-electron chi connectivity index (χ4n) is 2.45. The number of para-hydroxylation sites is 1. The molecule has 3 rings (SSSR count). The summed E-state index contributed by atoms with van der Waals surface area (Å²) < 4.78 is 5.15. The van der Waals surface area contributed by atoms with Crippen LogP contribution in [-0.4, -0.2) is 19.6 Å². The van der Waals surface area contributed by atoms with Gasteiger partial charge in [-0.1, -0.05) is 24.3 Å². The molecule has 1 atom stereocenters. The average Bonchev–Trinajstić information content (AvgIpc) is 2.91. The van der Waals surface area contributed by atoms with Crippen LogP contribution in [0.25, 0.3) is 0 Å². The lowest BCUT2D eigenvalue weighted by atomic mass is 10.0. The van der Waals surface area contributed by atoms with Gasteiger partial charge < -0.3 is 15.4 Å². The Hall–Kier alpha value is -2.49. The lowest BCUT2D eigenvalue weighted by Crippen LogP contribution is -2.22. The van der Waals surface area contributed by atoms with Gasteiger partial charge in [-0.25, -0.2) is 0 Å². The topological polar surface area (TPSA) is 50.4 Å². The number of nitrogens with one attached hydrogen (secondary N) is 2. The van der Waals surface area contributed by atoms with Crippen molar-refractivity contribution in [3.63, 3.8) is 0 Å². The number of benzene rings is 2. The summed E-state index contributed by atoms with van der Waals surface area (Å²) in [5, 5.41) is 6.19. The number of ether oxygens (including phenoxy) is 1. The maximum absolute atomic E-state index is 12.4. The van der Waals surface area contributed by atoms with Crippen molar-refractivity contribution in [1.29, 1.82) is 0 Å². The zero-order valence-corrected chi connectivity index (χ0v) is 11.2. The van der Waals surface area contributed by atoms with Gasteiger partial charge in [-0.2, -0.15) is 0 Å². The lowest BCUT2D eigenvalue weighted by Gasteiger charge is -2.12. The van der Waals surface area contributed by atoms with Crippen molar-refractivity contribution in [2.24, 2.45) is 0 Å². The first kappa shape index (κ1) is 12.5. The molecule has 4 heteroatoms.